The third kappa shape index (κ3) is 4.31. The zero-order chi connectivity index (χ0) is 21.1. The second-order valence-corrected chi connectivity index (χ2v) is 8.05. The molecule has 152 valence electrons. The highest BCUT2D eigenvalue weighted by Gasteiger charge is 2.21. The number of carbonyl (C=O) groups excluding carboxylic acids is 1. The maximum atomic E-state index is 12.8. The molecular weight excluding hydrogens is 396 g/mol. The van der Waals surface area contributed by atoms with E-state index in [2.05, 4.69) is 15.3 Å². The first-order valence-corrected chi connectivity index (χ1v) is 10.4. The van der Waals surface area contributed by atoms with Gasteiger partial charge in [-0.15, -0.1) is 0 Å². The van der Waals surface area contributed by atoms with Crippen LogP contribution in [0.4, 0.5) is 10.5 Å². The highest BCUT2D eigenvalue weighted by Crippen LogP contribution is 2.29. The van der Waals surface area contributed by atoms with E-state index in [0.717, 1.165) is 32.9 Å². The lowest BCUT2D eigenvalue weighted by molar-refractivity contribution is 0.201. The lowest BCUT2D eigenvalue weighted by Crippen LogP contribution is -2.33. The first kappa shape index (κ1) is 20.0. The van der Waals surface area contributed by atoms with Crippen LogP contribution >= 0.6 is 11.8 Å². The standard InChI is InChI=1S/C23H22N4O2S/c1-15-13-18(30-22-24-11-6-12-25-22)9-10-19(15)26-23(28)27(3)16(2)21-14-17-7-4-5-8-20(17)29-21/h4-14,16H,1-3H3,(H,26,28). The zero-order valence-corrected chi connectivity index (χ0v) is 17.8. The molecule has 2 aromatic heterocycles. The van der Waals surface area contributed by atoms with Crippen molar-refractivity contribution in [2.75, 3.05) is 12.4 Å². The topological polar surface area (TPSA) is 71.3 Å². The van der Waals surface area contributed by atoms with Crippen molar-refractivity contribution in [1.82, 2.24) is 14.9 Å². The van der Waals surface area contributed by atoms with Gasteiger partial charge in [-0.25, -0.2) is 14.8 Å². The third-order valence-corrected chi connectivity index (χ3v) is 5.83. The molecule has 30 heavy (non-hydrogen) atoms. The Hall–Kier alpha value is -3.32. The number of aromatic nitrogens is 2. The van der Waals surface area contributed by atoms with Crippen LogP contribution in [-0.2, 0) is 0 Å². The van der Waals surface area contributed by atoms with Crippen molar-refractivity contribution < 1.29 is 9.21 Å². The van der Waals surface area contributed by atoms with Crippen molar-refractivity contribution in [2.24, 2.45) is 0 Å². The average Bonchev–Trinajstić information content (AvgIpc) is 3.19. The van der Waals surface area contributed by atoms with Crippen molar-refractivity contribution in [3.05, 3.63) is 78.3 Å². The van der Waals surface area contributed by atoms with Crippen molar-refractivity contribution in [2.45, 2.75) is 29.9 Å². The van der Waals surface area contributed by atoms with Gasteiger partial charge in [-0.3, -0.25) is 0 Å². The third-order valence-electron chi connectivity index (χ3n) is 4.95. The number of hydrogen-bond donors (Lipinski definition) is 1. The molecule has 1 N–H and O–H groups in total. The Morgan fingerprint density at radius 1 is 1.10 bits per heavy atom. The number of para-hydroxylation sites is 1. The summed E-state index contributed by atoms with van der Waals surface area (Å²) in [5.74, 6) is 0.750. The molecule has 0 radical (unpaired) electrons. The molecule has 0 spiro atoms. The van der Waals surface area contributed by atoms with Crippen molar-refractivity contribution in [3.8, 4) is 0 Å². The molecule has 0 fully saturated rings. The summed E-state index contributed by atoms with van der Waals surface area (Å²) in [4.78, 5) is 23.9. The quantitative estimate of drug-likeness (QED) is 0.408. The molecule has 7 heteroatoms. The van der Waals surface area contributed by atoms with Gasteiger partial charge in [0, 0.05) is 35.4 Å². The van der Waals surface area contributed by atoms with Gasteiger partial charge < -0.3 is 14.6 Å². The molecule has 2 aromatic carbocycles. The highest BCUT2D eigenvalue weighted by molar-refractivity contribution is 7.99. The molecule has 2 heterocycles. The number of urea groups is 1. The van der Waals surface area contributed by atoms with E-state index in [1.54, 1.807) is 30.4 Å². The molecule has 0 aliphatic rings. The van der Waals surface area contributed by atoms with E-state index in [9.17, 15) is 4.79 Å². The number of fused-ring (bicyclic) bond motifs is 1. The molecule has 0 aliphatic heterocycles. The van der Waals surface area contributed by atoms with Gasteiger partial charge >= 0.3 is 6.03 Å². The monoisotopic (exact) mass is 418 g/mol. The van der Waals surface area contributed by atoms with E-state index in [1.165, 1.54) is 11.8 Å². The van der Waals surface area contributed by atoms with Crippen LogP contribution in [0.5, 0.6) is 0 Å². The molecule has 4 rings (SSSR count). The summed E-state index contributed by atoms with van der Waals surface area (Å²) >= 11 is 1.48. The fraction of sp³-hybridized carbons (Fsp3) is 0.174. The Balaban J connectivity index is 1.44. The Labute approximate surface area is 179 Å². The lowest BCUT2D eigenvalue weighted by Gasteiger charge is -2.24. The van der Waals surface area contributed by atoms with Gasteiger partial charge in [0.25, 0.3) is 0 Å². The van der Waals surface area contributed by atoms with Gasteiger partial charge in [-0.05, 0) is 67.6 Å². The number of nitrogens with one attached hydrogen (secondary N) is 1. The lowest BCUT2D eigenvalue weighted by atomic mass is 10.2. The van der Waals surface area contributed by atoms with Gasteiger partial charge in [0.2, 0.25) is 0 Å². The Morgan fingerprint density at radius 2 is 1.87 bits per heavy atom. The summed E-state index contributed by atoms with van der Waals surface area (Å²) in [5, 5.41) is 4.71. The van der Waals surface area contributed by atoms with Crippen LogP contribution in [0.25, 0.3) is 11.0 Å². The minimum absolute atomic E-state index is 0.196. The van der Waals surface area contributed by atoms with Crippen LogP contribution in [0.3, 0.4) is 0 Å². The van der Waals surface area contributed by atoms with Crippen LogP contribution in [0, 0.1) is 6.92 Å². The first-order chi connectivity index (χ1) is 14.5. The summed E-state index contributed by atoms with van der Waals surface area (Å²) in [5.41, 5.74) is 2.55. The second-order valence-electron chi connectivity index (χ2n) is 7.01. The van der Waals surface area contributed by atoms with E-state index in [-0.39, 0.29) is 12.1 Å². The normalized spacial score (nSPS) is 12.0. The van der Waals surface area contributed by atoms with Crippen molar-refractivity contribution in [3.63, 3.8) is 0 Å². The number of rotatable bonds is 5. The predicted molar refractivity (Wildman–Crippen MR) is 119 cm³/mol. The number of nitrogens with zero attached hydrogens (tertiary/aromatic N) is 3. The summed E-state index contributed by atoms with van der Waals surface area (Å²) in [6.45, 7) is 3.91. The fourth-order valence-electron chi connectivity index (χ4n) is 3.06. The van der Waals surface area contributed by atoms with E-state index < -0.39 is 0 Å². The van der Waals surface area contributed by atoms with Crippen LogP contribution in [-0.4, -0.2) is 27.9 Å². The second kappa shape index (κ2) is 8.59. The van der Waals surface area contributed by atoms with E-state index >= 15 is 0 Å². The van der Waals surface area contributed by atoms with E-state index in [0.29, 0.717) is 5.16 Å². The summed E-state index contributed by atoms with van der Waals surface area (Å²) in [6.07, 6.45) is 3.44. The van der Waals surface area contributed by atoms with Crippen LogP contribution in [0.2, 0.25) is 0 Å². The Bertz CT molecular complexity index is 1140. The number of benzene rings is 2. The number of hydrogen-bond acceptors (Lipinski definition) is 5. The van der Waals surface area contributed by atoms with Crippen molar-refractivity contribution in [1.29, 1.82) is 0 Å². The molecule has 1 atom stereocenters. The molecule has 2 amide bonds. The smallest absolute Gasteiger partial charge is 0.322 e. The summed E-state index contributed by atoms with van der Waals surface area (Å²) in [7, 11) is 1.76. The van der Waals surface area contributed by atoms with Gasteiger partial charge in [0.1, 0.15) is 11.3 Å². The molecule has 0 saturated carbocycles. The van der Waals surface area contributed by atoms with E-state index in [1.807, 2.05) is 62.4 Å². The van der Waals surface area contributed by atoms with Crippen LogP contribution < -0.4 is 5.32 Å². The Morgan fingerprint density at radius 3 is 2.60 bits per heavy atom. The van der Waals surface area contributed by atoms with Crippen LogP contribution in [0.15, 0.2) is 81.5 Å². The number of furan rings is 1. The minimum Gasteiger partial charge on any atom is -0.459 e. The fourth-order valence-corrected chi connectivity index (χ4v) is 3.87. The molecule has 0 aliphatic carbocycles. The molecule has 4 aromatic rings. The minimum atomic E-state index is -0.206. The zero-order valence-electron chi connectivity index (χ0n) is 17.0. The Kier molecular flexibility index (Phi) is 5.72. The largest absolute Gasteiger partial charge is 0.459 e. The summed E-state index contributed by atoms with van der Waals surface area (Å²) in [6, 6.07) is 17.1. The van der Waals surface area contributed by atoms with Crippen LogP contribution in [0.1, 0.15) is 24.3 Å². The summed E-state index contributed by atoms with van der Waals surface area (Å²) < 4.78 is 5.91. The number of carbonyl (C=O) groups is 1. The maximum Gasteiger partial charge on any atom is 0.322 e. The van der Waals surface area contributed by atoms with Gasteiger partial charge in [-0.1, -0.05) is 18.2 Å². The SMILES string of the molecule is Cc1cc(Sc2ncccn2)ccc1NC(=O)N(C)C(C)c1cc2ccccc2o1. The average molecular weight is 419 g/mol. The van der Waals surface area contributed by atoms with Gasteiger partial charge in [0.15, 0.2) is 5.16 Å². The predicted octanol–water partition coefficient (Wildman–Crippen LogP) is 5.91. The molecule has 0 saturated heterocycles. The van der Waals surface area contributed by atoms with Gasteiger partial charge in [-0.2, -0.15) is 0 Å². The molecule has 0 bridgehead atoms. The van der Waals surface area contributed by atoms with Crippen molar-refractivity contribution >= 4 is 34.4 Å². The molecular formula is C23H22N4O2S. The molecule has 6 nitrogen and oxygen atoms in total. The first-order valence-electron chi connectivity index (χ1n) is 9.59. The highest BCUT2D eigenvalue weighted by atomic mass is 32.2. The van der Waals surface area contributed by atoms with Gasteiger partial charge in [0.05, 0.1) is 6.04 Å². The molecule has 1 unspecified atom stereocenters. The number of anilines is 1. The maximum absolute atomic E-state index is 12.8. The number of aryl methyl sites for hydroxylation is 1. The van der Waals surface area contributed by atoms with E-state index in [4.69, 9.17) is 4.42 Å². The number of amides is 2.